The standard InChI is InChI=1S/C14H16Cl2N4O/c1-9-11(16)8-18-20(9)6-2-3-14(21)19-13-7-10(15)4-5-12(13)17/h4-5,7-8H,2-3,6,17H2,1H3,(H,19,21). The predicted octanol–water partition coefficient (Wildman–Crippen LogP) is 3.50. The maximum absolute atomic E-state index is 11.9. The second-order valence-corrected chi connectivity index (χ2v) is 5.53. The first-order valence-corrected chi connectivity index (χ1v) is 7.25. The van der Waals surface area contributed by atoms with Gasteiger partial charge in [-0.05, 0) is 31.5 Å². The van der Waals surface area contributed by atoms with E-state index in [0.717, 1.165) is 5.69 Å². The van der Waals surface area contributed by atoms with Gasteiger partial charge in [-0.15, -0.1) is 0 Å². The molecular formula is C14H16Cl2N4O. The highest BCUT2D eigenvalue weighted by atomic mass is 35.5. The molecule has 1 aromatic heterocycles. The lowest BCUT2D eigenvalue weighted by atomic mass is 10.2. The summed E-state index contributed by atoms with van der Waals surface area (Å²) in [7, 11) is 0. The molecule has 0 aliphatic rings. The van der Waals surface area contributed by atoms with Crippen LogP contribution in [0.15, 0.2) is 24.4 Å². The Morgan fingerprint density at radius 3 is 2.86 bits per heavy atom. The van der Waals surface area contributed by atoms with Crippen molar-refractivity contribution in [2.75, 3.05) is 11.1 Å². The first-order chi connectivity index (χ1) is 9.97. The molecule has 2 rings (SSSR count). The summed E-state index contributed by atoms with van der Waals surface area (Å²) in [4.78, 5) is 11.9. The van der Waals surface area contributed by atoms with Crippen molar-refractivity contribution in [3.63, 3.8) is 0 Å². The molecule has 0 saturated heterocycles. The van der Waals surface area contributed by atoms with Gasteiger partial charge in [-0.25, -0.2) is 0 Å². The van der Waals surface area contributed by atoms with Crippen LogP contribution in [0.2, 0.25) is 10.0 Å². The number of aromatic nitrogens is 2. The Hall–Kier alpha value is -1.72. The maximum Gasteiger partial charge on any atom is 0.224 e. The zero-order chi connectivity index (χ0) is 15.4. The molecule has 0 aliphatic heterocycles. The van der Waals surface area contributed by atoms with Gasteiger partial charge < -0.3 is 11.1 Å². The molecule has 0 unspecified atom stereocenters. The Morgan fingerprint density at radius 1 is 1.43 bits per heavy atom. The van der Waals surface area contributed by atoms with Gasteiger partial charge >= 0.3 is 0 Å². The van der Waals surface area contributed by atoms with Crippen LogP contribution in [0, 0.1) is 6.92 Å². The van der Waals surface area contributed by atoms with E-state index in [-0.39, 0.29) is 5.91 Å². The van der Waals surface area contributed by atoms with Gasteiger partial charge in [0.25, 0.3) is 0 Å². The van der Waals surface area contributed by atoms with Gasteiger partial charge in [-0.2, -0.15) is 5.10 Å². The Kier molecular flexibility index (Phi) is 5.09. The number of nitrogens with two attached hydrogens (primary N) is 1. The molecule has 1 heterocycles. The fraction of sp³-hybridized carbons (Fsp3) is 0.286. The zero-order valence-electron chi connectivity index (χ0n) is 11.6. The third kappa shape index (κ3) is 4.12. The molecule has 7 heteroatoms. The van der Waals surface area contributed by atoms with E-state index in [0.29, 0.717) is 40.8 Å². The molecule has 2 aromatic rings. The van der Waals surface area contributed by atoms with Crippen molar-refractivity contribution in [2.24, 2.45) is 0 Å². The Bertz CT molecular complexity index is 654. The Morgan fingerprint density at radius 2 is 2.19 bits per heavy atom. The van der Waals surface area contributed by atoms with Crippen LogP contribution in [-0.2, 0) is 11.3 Å². The number of nitrogens with one attached hydrogen (secondary N) is 1. The van der Waals surface area contributed by atoms with E-state index in [2.05, 4.69) is 10.4 Å². The average molecular weight is 327 g/mol. The van der Waals surface area contributed by atoms with Crippen LogP contribution in [0.3, 0.4) is 0 Å². The molecule has 112 valence electrons. The number of benzene rings is 1. The molecule has 3 N–H and O–H groups in total. The molecule has 0 aliphatic carbocycles. The number of carbonyl (C=O) groups is 1. The van der Waals surface area contributed by atoms with Crippen molar-refractivity contribution in [3.05, 3.63) is 40.1 Å². The van der Waals surface area contributed by atoms with Gasteiger partial charge in [0.2, 0.25) is 5.91 Å². The van der Waals surface area contributed by atoms with Crippen molar-refractivity contribution in [2.45, 2.75) is 26.3 Å². The lowest BCUT2D eigenvalue weighted by molar-refractivity contribution is -0.116. The molecule has 0 bridgehead atoms. The maximum atomic E-state index is 11.9. The minimum atomic E-state index is -0.111. The van der Waals surface area contributed by atoms with E-state index >= 15 is 0 Å². The Labute approximate surface area is 133 Å². The highest BCUT2D eigenvalue weighted by Crippen LogP contribution is 2.23. The second-order valence-electron chi connectivity index (χ2n) is 4.68. The quantitative estimate of drug-likeness (QED) is 0.826. The van der Waals surface area contributed by atoms with E-state index < -0.39 is 0 Å². The number of aryl methyl sites for hydroxylation is 1. The van der Waals surface area contributed by atoms with Crippen LogP contribution in [0.1, 0.15) is 18.5 Å². The molecule has 0 fully saturated rings. The van der Waals surface area contributed by atoms with E-state index in [1.165, 1.54) is 0 Å². The van der Waals surface area contributed by atoms with Crippen LogP contribution in [0.25, 0.3) is 0 Å². The summed E-state index contributed by atoms with van der Waals surface area (Å²) >= 11 is 11.8. The lowest BCUT2D eigenvalue weighted by Gasteiger charge is -2.09. The number of nitrogen functional groups attached to an aromatic ring is 1. The monoisotopic (exact) mass is 326 g/mol. The number of anilines is 2. The summed E-state index contributed by atoms with van der Waals surface area (Å²) in [5.41, 5.74) is 7.70. The molecule has 0 spiro atoms. The van der Waals surface area contributed by atoms with Gasteiger partial charge in [-0.3, -0.25) is 9.48 Å². The van der Waals surface area contributed by atoms with E-state index in [1.807, 2.05) is 6.92 Å². The molecule has 5 nitrogen and oxygen atoms in total. The molecule has 0 saturated carbocycles. The number of amides is 1. The molecule has 21 heavy (non-hydrogen) atoms. The fourth-order valence-corrected chi connectivity index (χ4v) is 2.20. The van der Waals surface area contributed by atoms with Crippen molar-refractivity contribution in [3.8, 4) is 0 Å². The minimum absolute atomic E-state index is 0.111. The number of halogens is 2. The van der Waals surface area contributed by atoms with Gasteiger partial charge in [0.1, 0.15) is 0 Å². The summed E-state index contributed by atoms with van der Waals surface area (Å²) in [5, 5.41) is 8.05. The first-order valence-electron chi connectivity index (χ1n) is 6.50. The van der Waals surface area contributed by atoms with Gasteiger partial charge in [0.15, 0.2) is 0 Å². The van der Waals surface area contributed by atoms with Crippen molar-refractivity contribution >= 4 is 40.5 Å². The Balaban J connectivity index is 1.85. The summed E-state index contributed by atoms with van der Waals surface area (Å²) < 4.78 is 1.78. The van der Waals surface area contributed by atoms with Gasteiger partial charge in [0, 0.05) is 18.0 Å². The highest BCUT2D eigenvalue weighted by molar-refractivity contribution is 6.31. The summed E-state index contributed by atoms with van der Waals surface area (Å²) in [6.45, 7) is 2.53. The van der Waals surface area contributed by atoms with Crippen LogP contribution >= 0.6 is 23.2 Å². The second kappa shape index (κ2) is 6.83. The number of hydrogen-bond acceptors (Lipinski definition) is 3. The zero-order valence-corrected chi connectivity index (χ0v) is 13.1. The molecule has 1 aromatic carbocycles. The fourth-order valence-electron chi connectivity index (χ4n) is 1.89. The number of carbonyl (C=O) groups excluding carboxylic acids is 1. The lowest BCUT2D eigenvalue weighted by Crippen LogP contribution is -2.14. The van der Waals surface area contributed by atoms with Crippen molar-refractivity contribution < 1.29 is 4.79 Å². The van der Waals surface area contributed by atoms with E-state index in [1.54, 1.807) is 29.1 Å². The number of nitrogens with zero attached hydrogens (tertiary/aromatic N) is 2. The topological polar surface area (TPSA) is 72.9 Å². The van der Waals surface area contributed by atoms with Gasteiger partial charge in [0.05, 0.1) is 28.3 Å². The predicted molar refractivity (Wildman–Crippen MR) is 85.7 cm³/mol. The third-order valence-corrected chi connectivity index (χ3v) is 3.71. The van der Waals surface area contributed by atoms with Crippen molar-refractivity contribution in [1.82, 2.24) is 9.78 Å². The average Bonchev–Trinajstić information content (AvgIpc) is 2.75. The number of rotatable bonds is 5. The van der Waals surface area contributed by atoms with Crippen LogP contribution in [0.4, 0.5) is 11.4 Å². The molecule has 1 amide bonds. The first kappa shape index (κ1) is 15.7. The molecule has 0 atom stereocenters. The van der Waals surface area contributed by atoms with Crippen molar-refractivity contribution in [1.29, 1.82) is 0 Å². The van der Waals surface area contributed by atoms with Crippen LogP contribution in [-0.4, -0.2) is 15.7 Å². The van der Waals surface area contributed by atoms with Gasteiger partial charge in [-0.1, -0.05) is 23.2 Å². The van der Waals surface area contributed by atoms with Crippen LogP contribution < -0.4 is 11.1 Å². The summed E-state index contributed by atoms with van der Waals surface area (Å²) in [6.07, 6.45) is 2.62. The largest absolute Gasteiger partial charge is 0.397 e. The van der Waals surface area contributed by atoms with Crippen LogP contribution in [0.5, 0.6) is 0 Å². The smallest absolute Gasteiger partial charge is 0.224 e. The normalized spacial score (nSPS) is 10.6. The SMILES string of the molecule is Cc1c(Cl)cnn1CCCC(=O)Nc1cc(Cl)ccc1N. The highest BCUT2D eigenvalue weighted by Gasteiger charge is 2.08. The molecule has 0 radical (unpaired) electrons. The number of hydrogen-bond donors (Lipinski definition) is 2. The van der Waals surface area contributed by atoms with E-state index in [4.69, 9.17) is 28.9 Å². The van der Waals surface area contributed by atoms with E-state index in [9.17, 15) is 4.79 Å². The third-order valence-electron chi connectivity index (χ3n) is 3.11. The minimum Gasteiger partial charge on any atom is -0.397 e. The summed E-state index contributed by atoms with van der Waals surface area (Å²) in [5.74, 6) is -0.111. The molecular weight excluding hydrogens is 311 g/mol. The summed E-state index contributed by atoms with van der Waals surface area (Å²) in [6, 6.07) is 4.97.